The average molecular weight is 237 g/mol. The second-order valence-corrected chi connectivity index (χ2v) is 4.82. The molecule has 4 heteroatoms. The van der Waals surface area contributed by atoms with Gasteiger partial charge in [0.15, 0.2) is 5.88 Å². The molecular formula is C13H19NO3. The standard InChI is InChI=1S/C13H19NO3/c1-3-9-4-5-10(8(9)2)14-12-7-6-11(17-12)13(15)16/h6-10,14H,3-5H2,1-2H3,(H,15,16). The summed E-state index contributed by atoms with van der Waals surface area (Å²) in [5.41, 5.74) is 0. The van der Waals surface area contributed by atoms with Crippen molar-refractivity contribution >= 4 is 11.9 Å². The van der Waals surface area contributed by atoms with E-state index in [9.17, 15) is 4.79 Å². The van der Waals surface area contributed by atoms with Gasteiger partial charge in [-0.1, -0.05) is 20.3 Å². The molecule has 0 saturated heterocycles. The Balaban J connectivity index is 1.99. The number of carboxylic acid groups (broad SMARTS) is 1. The van der Waals surface area contributed by atoms with Crippen LogP contribution in [0.5, 0.6) is 0 Å². The van der Waals surface area contributed by atoms with Gasteiger partial charge in [-0.05, 0) is 30.7 Å². The number of carbonyl (C=O) groups is 1. The van der Waals surface area contributed by atoms with Gasteiger partial charge in [-0.15, -0.1) is 0 Å². The van der Waals surface area contributed by atoms with E-state index in [0.29, 0.717) is 17.8 Å². The quantitative estimate of drug-likeness (QED) is 0.844. The Labute approximate surface area is 101 Å². The van der Waals surface area contributed by atoms with Crippen LogP contribution in [0.15, 0.2) is 16.5 Å². The van der Waals surface area contributed by atoms with Crippen LogP contribution in [0.1, 0.15) is 43.7 Å². The van der Waals surface area contributed by atoms with Gasteiger partial charge in [0.05, 0.1) is 0 Å². The Hall–Kier alpha value is -1.45. The van der Waals surface area contributed by atoms with Crippen LogP contribution in [-0.4, -0.2) is 17.1 Å². The maximum atomic E-state index is 10.7. The van der Waals surface area contributed by atoms with E-state index in [1.165, 1.54) is 18.9 Å². The topological polar surface area (TPSA) is 62.5 Å². The van der Waals surface area contributed by atoms with E-state index in [-0.39, 0.29) is 5.76 Å². The van der Waals surface area contributed by atoms with Crippen molar-refractivity contribution < 1.29 is 14.3 Å². The Morgan fingerprint density at radius 3 is 2.82 bits per heavy atom. The zero-order valence-corrected chi connectivity index (χ0v) is 10.3. The van der Waals surface area contributed by atoms with E-state index < -0.39 is 5.97 Å². The van der Waals surface area contributed by atoms with Gasteiger partial charge in [0.25, 0.3) is 0 Å². The molecule has 1 fully saturated rings. The summed E-state index contributed by atoms with van der Waals surface area (Å²) in [6.45, 7) is 4.47. The van der Waals surface area contributed by atoms with E-state index in [1.807, 2.05) is 0 Å². The highest BCUT2D eigenvalue weighted by Gasteiger charge is 2.31. The Morgan fingerprint density at radius 2 is 2.29 bits per heavy atom. The molecule has 1 aromatic rings. The van der Waals surface area contributed by atoms with Crippen molar-refractivity contribution in [2.24, 2.45) is 11.8 Å². The SMILES string of the molecule is CCC1CCC(Nc2ccc(C(=O)O)o2)C1C. The molecule has 0 spiro atoms. The van der Waals surface area contributed by atoms with E-state index in [2.05, 4.69) is 19.2 Å². The molecule has 0 amide bonds. The number of hydrogen-bond acceptors (Lipinski definition) is 3. The lowest BCUT2D eigenvalue weighted by atomic mass is 9.93. The van der Waals surface area contributed by atoms with Crippen LogP contribution in [0.3, 0.4) is 0 Å². The Kier molecular flexibility index (Phi) is 3.41. The van der Waals surface area contributed by atoms with Gasteiger partial charge in [-0.2, -0.15) is 0 Å². The largest absolute Gasteiger partial charge is 0.475 e. The third-order valence-electron chi connectivity index (χ3n) is 3.90. The number of rotatable bonds is 4. The van der Waals surface area contributed by atoms with Crippen molar-refractivity contribution in [3.8, 4) is 0 Å². The molecule has 0 aliphatic heterocycles. The molecule has 1 aliphatic carbocycles. The second-order valence-electron chi connectivity index (χ2n) is 4.82. The van der Waals surface area contributed by atoms with Crippen LogP contribution >= 0.6 is 0 Å². The molecule has 2 N–H and O–H groups in total. The summed E-state index contributed by atoms with van der Waals surface area (Å²) >= 11 is 0. The minimum atomic E-state index is -1.02. The van der Waals surface area contributed by atoms with Gasteiger partial charge in [0.2, 0.25) is 5.76 Å². The first-order valence-corrected chi connectivity index (χ1v) is 6.21. The number of carboxylic acids is 1. The summed E-state index contributed by atoms with van der Waals surface area (Å²) in [6.07, 6.45) is 3.57. The van der Waals surface area contributed by atoms with Crippen molar-refractivity contribution in [3.63, 3.8) is 0 Å². The van der Waals surface area contributed by atoms with Crippen LogP contribution in [-0.2, 0) is 0 Å². The van der Waals surface area contributed by atoms with Gasteiger partial charge in [0, 0.05) is 12.1 Å². The number of aromatic carboxylic acids is 1. The third-order valence-corrected chi connectivity index (χ3v) is 3.90. The van der Waals surface area contributed by atoms with Crippen molar-refractivity contribution in [1.29, 1.82) is 0 Å². The molecule has 2 rings (SSSR count). The molecule has 1 aromatic heterocycles. The van der Waals surface area contributed by atoms with Crippen molar-refractivity contribution in [2.45, 2.75) is 39.2 Å². The first kappa shape index (κ1) is 12.0. The fourth-order valence-corrected chi connectivity index (χ4v) is 2.74. The van der Waals surface area contributed by atoms with Crippen molar-refractivity contribution in [1.82, 2.24) is 0 Å². The molecule has 0 bridgehead atoms. The molecule has 94 valence electrons. The smallest absolute Gasteiger partial charge is 0.371 e. The molecule has 3 unspecified atom stereocenters. The van der Waals surface area contributed by atoms with E-state index in [0.717, 1.165) is 12.3 Å². The van der Waals surface area contributed by atoms with Gasteiger partial charge in [-0.3, -0.25) is 0 Å². The van der Waals surface area contributed by atoms with Gasteiger partial charge < -0.3 is 14.8 Å². The Bertz CT molecular complexity index is 399. The first-order chi connectivity index (χ1) is 8.11. The first-order valence-electron chi connectivity index (χ1n) is 6.21. The minimum absolute atomic E-state index is 0.00908. The predicted octanol–water partition coefficient (Wildman–Crippen LogP) is 3.21. The zero-order chi connectivity index (χ0) is 12.4. The summed E-state index contributed by atoms with van der Waals surface area (Å²) in [5.74, 6) is 0.907. The summed E-state index contributed by atoms with van der Waals surface area (Å²) in [5, 5.41) is 12.1. The highest BCUT2D eigenvalue weighted by Crippen LogP contribution is 2.35. The molecule has 17 heavy (non-hydrogen) atoms. The number of nitrogens with one attached hydrogen (secondary N) is 1. The number of furan rings is 1. The van der Waals surface area contributed by atoms with Crippen molar-refractivity contribution in [3.05, 3.63) is 17.9 Å². The normalized spacial score (nSPS) is 28.2. The van der Waals surface area contributed by atoms with E-state index in [4.69, 9.17) is 9.52 Å². The highest BCUT2D eigenvalue weighted by molar-refractivity contribution is 5.84. The molecule has 0 radical (unpaired) electrons. The maximum Gasteiger partial charge on any atom is 0.371 e. The van der Waals surface area contributed by atoms with E-state index >= 15 is 0 Å². The zero-order valence-electron chi connectivity index (χ0n) is 10.3. The highest BCUT2D eigenvalue weighted by atomic mass is 16.4. The van der Waals surface area contributed by atoms with Gasteiger partial charge >= 0.3 is 5.97 Å². The van der Waals surface area contributed by atoms with Crippen LogP contribution in [0.25, 0.3) is 0 Å². The predicted molar refractivity (Wildman–Crippen MR) is 65.3 cm³/mol. The van der Waals surface area contributed by atoms with Gasteiger partial charge in [-0.25, -0.2) is 4.79 Å². The fraction of sp³-hybridized carbons (Fsp3) is 0.615. The summed E-state index contributed by atoms with van der Waals surface area (Å²) < 4.78 is 5.21. The van der Waals surface area contributed by atoms with Crippen LogP contribution in [0, 0.1) is 11.8 Å². The molecule has 1 saturated carbocycles. The maximum absolute atomic E-state index is 10.7. The molecule has 4 nitrogen and oxygen atoms in total. The summed E-state index contributed by atoms with van der Waals surface area (Å²) in [6, 6.07) is 3.57. The number of anilines is 1. The third kappa shape index (κ3) is 2.46. The fourth-order valence-electron chi connectivity index (χ4n) is 2.74. The summed E-state index contributed by atoms with van der Waals surface area (Å²) in [4.78, 5) is 10.7. The molecule has 0 aromatic carbocycles. The lowest BCUT2D eigenvalue weighted by Crippen LogP contribution is -2.24. The van der Waals surface area contributed by atoms with Crippen LogP contribution in [0.4, 0.5) is 5.88 Å². The minimum Gasteiger partial charge on any atom is -0.475 e. The lowest BCUT2D eigenvalue weighted by molar-refractivity contribution is 0.0663. The van der Waals surface area contributed by atoms with Crippen LogP contribution < -0.4 is 5.32 Å². The molecular weight excluding hydrogens is 218 g/mol. The Morgan fingerprint density at radius 1 is 1.53 bits per heavy atom. The number of hydrogen-bond donors (Lipinski definition) is 2. The van der Waals surface area contributed by atoms with Gasteiger partial charge in [0.1, 0.15) is 0 Å². The summed E-state index contributed by atoms with van der Waals surface area (Å²) in [7, 11) is 0. The average Bonchev–Trinajstić information content (AvgIpc) is 2.88. The monoisotopic (exact) mass is 237 g/mol. The van der Waals surface area contributed by atoms with Crippen molar-refractivity contribution in [2.75, 3.05) is 5.32 Å². The molecule has 1 heterocycles. The van der Waals surface area contributed by atoms with E-state index in [1.54, 1.807) is 6.07 Å². The second kappa shape index (κ2) is 4.82. The lowest BCUT2D eigenvalue weighted by Gasteiger charge is -2.20. The molecule has 1 aliphatic rings. The van der Waals surface area contributed by atoms with Crippen LogP contribution in [0.2, 0.25) is 0 Å². The molecule has 3 atom stereocenters.